The Morgan fingerprint density at radius 1 is 1.13 bits per heavy atom. The van der Waals surface area contributed by atoms with Gasteiger partial charge in [0.2, 0.25) is 5.91 Å². The van der Waals surface area contributed by atoms with Crippen LogP contribution in [-0.2, 0) is 11.2 Å². The summed E-state index contributed by atoms with van der Waals surface area (Å²) in [5, 5.41) is 3.04. The first kappa shape index (κ1) is 15.6. The van der Waals surface area contributed by atoms with Crippen LogP contribution < -0.4 is 16.2 Å². The molecule has 0 radical (unpaired) electrons. The highest BCUT2D eigenvalue weighted by molar-refractivity contribution is 5.76. The number of amides is 1. The second-order valence-electron chi connectivity index (χ2n) is 5.82. The predicted molar refractivity (Wildman–Crippen MR) is 89.2 cm³/mol. The molecular weight excluding hydrogens is 288 g/mol. The molecule has 0 aliphatic carbocycles. The molecule has 5 nitrogen and oxygen atoms in total. The molecule has 1 aliphatic rings. The summed E-state index contributed by atoms with van der Waals surface area (Å²) in [7, 11) is 0. The standard InChI is InChI=1S/C18H22N4O/c23-18(8-4-7-14-5-2-1-3-6-14)20-17-13-16(21-22-17)15-9-11-19-12-10-15/h1-3,5-6,9-12,16-17,21-22H,4,7-8,13H2,(H,20,23). The Kier molecular flexibility index (Phi) is 5.34. The van der Waals surface area contributed by atoms with Gasteiger partial charge in [0.1, 0.15) is 0 Å². The smallest absolute Gasteiger partial charge is 0.221 e. The van der Waals surface area contributed by atoms with Gasteiger partial charge >= 0.3 is 0 Å². The van der Waals surface area contributed by atoms with Gasteiger partial charge in [-0.2, -0.15) is 0 Å². The molecule has 3 N–H and O–H groups in total. The molecule has 1 saturated heterocycles. The fourth-order valence-corrected chi connectivity index (χ4v) is 2.83. The van der Waals surface area contributed by atoms with E-state index in [0.29, 0.717) is 6.42 Å². The molecule has 2 heterocycles. The van der Waals surface area contributed by atoms with Gasteiger partial charge in [-0.05, 0) is 36.1 Å². The Labute approximate surface area is 136 Å². The van der Waals surface area contributed by atoms with Crippen LogP contribution in [0.4, 0.5) is 0 Å². The van der Waals surface area contributed by atoms with Crippen molar-refractivity contribution < 1.29 is 4.79 Å². The molecule has 0 bridgehead atoms. The summed E-state index contributed by atoms with van der Waals surface area (Å²) < 4.78 is 0. The van der Waals surface area contributed by atoms with Crippen molar-refractivity contribution in [2.75, 3.05) is 0 Å². The molecule has 1 amide bonds. The number of hydrogen-bond acceptors (Lipinski definition) is 4. The fraction of sp³-hybridized carbons (Fsp3) is 0.333. The third-order valence-corrected chi connectivity index (χ3v) is 4.06. The van der Waals surface area contributed by atoms with E-state index in [1.165, 1.54) is 11.1 Å². The number of hydrazine groups is 1. The van der Waals surface area contributed by atoms with Crippen LogP contribution >= 0.6 is 0 Å². The minimum Gasteiger partial charge on any atom is -0.339 e. The van der Waals surface area contributed by atoms with Gasteiger partial charge in [-0.25, -0.2) is 10.9 Å². The van der Waals surface area contributed by atoms with Gasteiger partial charge in [0.15, 0.2) is 0 Å². The molecule has 2 aromatic rings. The van der Waals surface area contributed by atoms with Gasteiger partial charge < -0.3 is 5.32 Å². The SMILES string of the molecule is O=C(CCCc1ccccc1)NC1CC(c2ccncc2)NN1. The van der Waals surface area contributed by atoms with Crippen LogP contribution in [0.3, 0.4) is 0 Å². The summed E-state index contributed by atoms with van der Waals surface area (Å²) in [6, 6.07) is 14.4. The van der Waals surface area contributed by atoms with Gasteiger partial charge in [0.25, 0.3) is 0 Å². The number of carbonyl (C=O) groups excluding carboxylic acids is 1. The van der Waals surface area contributed by atoms with Gasteiger partial charge in [-0.15, -0.1) is 0 Å². The summed E-state index contributed by atoms with van der Waals surface area (Å²) in [6.07, 6.45) is 6.71. The average molecular weight is 310 g/mol. The van der Waals surface area contributed by atoms with Crippen LogP contribution in [0.1, 0.15) is 36.4 Å². The lowest BCUT2D eigenvalue weighted by Crippen LogP contribution is -2.44. The number of aryl methyl sites for hydroxylation is 1. The number of carbonyl (C=O) groups is 1. The van der Waals surface area contributed by atoms with E-state index in [-0.39, 0.29) is 18.1 Å². The lowest BCUT2D eigenvalue weighted by molar-refractivity contribution is -0.122. The highest BCUT2D eigenvalue weighted by Gasteiger charge is 2.25. The number of rotatable bonds is 6. The van der Waals surface area contributed by atoms with Crippen molar-refractivity contribution in [3.8, 4) is 0 Å². The third-order valence-electron chi connectivity index (χ3n) is 4.06. The molecule has 2 unspecified atom stereocenters. The maximum Gasteiger partial charge on any atom is 0.221 e. The van der Waals surface area contributed by atoms with Crippen molar-refractivity contribution in [1.82, 2.24) is 21.2 Å². The Hall–Kier alpha value is -2.24. The number of nitrogens with one attached hydrogen (secondary N) is 3. The Bertz CT molecular complexity index is 617. The van der Waals surface area contributed by atoms with Crippen molar-refractivity contribution in [3.05, 3.63) is 66.0 Å². The Balaban J connectivity index is 1.39. The highest BCUT2D eigenvalue weighted by atomic mass is 16.1. The minimum atomic E-state index is -0.0302. The Morgan fingerprint density at radius 3 is 2.70 bits per heavy atom. The van der Waals surface area contributed by atoms with Gasteiger partial charge in [-0.1, -0.05) is 30.3 Å². The number of benzene rings is 1. The van der Waals surface area contributed by atoms with Crippen molar-refractivity contribution >= 4 is 5.91 Å². The minimum absolute atomic E-state index is 0.0302. The first-order valence-corrected chi connectivity index (χ1v) is 8.05. The number of hydrogen-bond donors (Lipinski definition) is 3. The predicted octanol–water partition coefficient (Wildman–Crippen LogP) is 2.09. The zero-order valence-electron chi connectivity index (χ0n) is 13.0. The van der Waals surface area contributed by atoms with Crippen molar-refractivity contribution in [2.24, 2.45) is 0 Å². The summed E-state index contributed by atoms with van der Waals surface area (Å²) in [4.78, 5) is 16.1. The summed E-state index contributed by atoms with van der Waals surface area (Å²) in [5.41, 5.74) is 8.81. The Morgan fingerprint density at radius 2 is 1.91 bits per heavy atom. The van der Waals surface area contributed by atoms with E-state index in [9.17, 15) is 4.79 Å². The van der Waals surface area contributed by atoms with Crippen LogP contribution in [0.15, 0.2) is 54.9 Å². The second-order valence-corrected chi connectivity index (χ2v) is 5.82. The number of pyridine rings is 1. The quantitative estimate of drug-likeness (QED) is 0.764. The van der Waals surface area contributed by atoms with E-state index < -0.39 is 0 Å². The fourth-order valence-electron chi connectivity index (χ4n) is 2.83. The number of nitrogens with zero attached hydrogens (tertiary/aromatic N) is 1. The average Bonchev–Trinajstić information content (AvgIpc) is 3.05. The van der Waals surface area contributed by atoms with Crippen molar-refractivity contribution in [3.63, 3.8) is 0 Å². The lowest BCUT2D eigenvalue weighted by Gasteiger charge is -2.12. The highest BCUT2D eigenvalue weighted by Crippen LogP contribution is 2.20. The lowest BCUT2D eigenvalue weighted by atomic mass is 10.1. The zero-order chi connectivity index (χ0) is 15.9. The van der Waals surface area contributed by atoms with Crippen LogP contribution in [0.2, 0.25) is 0 Å². The van der Waals surface area contributed by atoms with Crippen LogP contribution in [0.5, 0.6) is 0 Å². The van der Waals surface area contributed by atoms with Crippen LogP contribution in [-0.4, -0.2) is 17.1 Å². The van der Waals surface area contributed by atoms with Crippen molar-refractivity contribution in [1.29, 1.82) is 0 Å². The monoisotopic (exact) mass is 310 g/mol. The molecule has 1 aliphatic heterocycles. The molecule has 1 aromatic carbocycles. The van der Waals surface area contributed by atoms with E-state index in [2.05, 4.69) is 33.3 Å². The molecule has 23 heavy (non-hydrogen) atoms. The molecule has 120 valence electrons. The maximum absolute atomic E-state index is 12.0. The molecule has 0 saturated carbocycles. The normalized spacial score (nSPS) is 20.3. The van der Waals surface area contributed by atoms with Crippen LogP contribution in [0.25, 0.3) is 0 Å². The van der Waals surface area contributed by atoms with Gasteiger partial charge in [0, 0.05) is 31.3 Å². The van der Waals surface area contributed by atoms with Crippen molar-refractivity contribution in [2.45, 2.75) is 37.9 Å². The molecule has 2 atom stereocenters. The number of aromatic nitrogens is 1. The van der Waals surface area contributed by atoms with Gasteiger partial charge in [0.05, 0.1) is 6.17 Å². The van der Waals surface area contributed by atoms with E-state index in [0.717, 1.165) is 19.3 Å². The molecule has 5 heteroatoms. The first-order chi connectivity index (χ1) is 11.3. The molecule has 1 aromatic heterocycles. The molecule has 1 fully saturated rings. The van der Waals surface area contributed by atoms with E-state index >= 15 is 0 Å². The maximum atomic E-state index is 12.0. The van der Waals surface area contributed by atoms with Gasteiger partial charge in [-0.3, -0.25) is 9.78 Å². The largest absolute Gasteiger partial charge is 0.339 e. The second kappa shape index (κ2) is 7.85. The zero-order valence-corrected chi connectivity index (χ0v) is 13.0. The van der Waals surface area contributed by atoms with E-state index in [4.69, 9.17) is 0 Å². The third kappa shape index (κ3) is 4.61. The van der Waals surface area contributed by atoms with E-state index in [1.54, 1.807) is 12.4 Å². The summed E-state index contributed by atoms with van der Waals surface area (Å²) in [5.74, 6) is 0.0932. The van der Waals surface area contributed by atoms with Crippen LogP contribution in [0, 0.1) is 0 Å². The first-order valence-electron chi connectivity index (χ1n) is 8.05. The summed E-state index contributed by atoms with van der Waals surface area (Å²) in [6.45, 7) is 0. The van der Waals surface area contributed by atoms with E-state index in [1.807, 2.05) is 30.3 Å². The topological polar surface area (TPSA) is 66.0 Å². The summed E-state index contributed by atoms with van der Waals surface area (Å²) >= 11 is 0. The molecule has 3 rings (SSSR count). The molecule has 0 spiro atoms. The molecular formula is C18H22N4O.